The van der Waals surface area contributed by atoms with Crippen LogP contribution < -0.4 is 19.7 Å². The molecular weight excluding hydrogens is 372 g/mol. The minimum absolute atomic E-state index is 0.00263. The Hall–Kier alpha value is -3.06. The van der Waals surface area contributed by atoms with Gasteiger partial charge in [-0.1, -0.05) is 0 Å². The second kappa shape index (κ2) is 9.43. The SMILES string of the molecule is COc1cc(OC)cc(C(=O)Nc2ccc(N(C(C)=O)C3CCOCC3)cc2)c1. The molecule has 1 aliphatic heterocycles. The Morgan fingerprint density at radius 3 is 2.10 bits per heavy atom. The van der Waals surface area contributed by atoms with E-state index in [-0.39, 0.29) is 17.9 Å². The zero-order valence-electron chi connectivity index (χ0n) is 16.9. The first-order valence-electron chi connectivity index (χ1n) is 9.54. The number of hydrogen-bond donors (Lipinski definition) is 1. The summed E-state index contributed by atoms with van der Waals surface area (Å²) in [7, 11) is 3.07. The van der Waals surface area contributed by atoms with Crippen molar-refractivity contribution in [3.8, 4) is 11.5 Å². The van der Waals surface area contributed by atoms with Crippen molar-refractivity contribution in [3.05, 3.63) is 48.0 Å². The van der Waals surface area contributed by atoms with Gasteiger partial charge in [0.2, 0.25) is 5.91 Å². The Morgan fingerprint density at radius 1 is 1.00 bits per heavy atom. The first-order valence-corrected chi connectivity index (χ1v) is 9.54. The molecule has 1 saturated heterocycles. The summed E-state index contributed by atoms with van der Waals surface area (Å²) in [6, 6.07) is 12.4. The van der Waals surface area contributed by atoms with Crippen LogP contribution in [-0.2, 0) is 9.53 Å². The van der Waals surface area contributed by atoms with E-state index < -0.39 is 0 Å². The molecule has 0 bridgehead atoms. The number of anilines is 2. The lowest BCUT2D eigenvalue weighted by Gasteiger charge is -2.33. The number of rotatable bonds is 6. The Bertz CT molecular complexity index is 838. The Labute approximate surface area is 170 Å². The molecule has 0 aliphatic carbocycles. The maximum atomic E-state index is 12.6. The van der Waals surface area contributed by atoms with E-state index in [2.05, 4.69) is 5.32 Å². The summed E-state index contributed by atoms with van der Waals surface area (Å²) in [6.45, 7) is 2.89. The molecule has 7 nitrogen and oxygen atoms in total. The molecule has 7 heteroatoms. The highest BCUT2D eigenvalue weighted by Crippen LogP contribution is 2.26. The molecule has 0 saturated carbocycles. The largest absolute Gasteiger partial charge is 0.497 e. The fourth-order valence-electron chi connectivity index (χ4n) is 3.44. The number of benzene rings is 2. The summed E-state index contributed by atoms with van der Waals surface area (Å²) in [5.74, 6) is 0.803. The summed E-state index contributed by atoms with van der Waals surface area (Å²) >= 11 is 0. The van der Waals surface area contributed by atoms with Crippen LogP contribution in [0.5, 0.6) is 11.5 Å². The standard InChI is InChI=1S/C22H26N2O5/c1-15(25)24(19-8-10-29-11-9-19)18-6-4-17(5-7-18)23-22(26)16-12-20(27-2)14-21(13-16)28-3/h4-7,12-14,19H,8-11H2,1-3H3,(H,23,26). The van der Waals surface area contributed by atoms with Crippen LogP contribution in [0.3, 0.4) is 0 Å². The van der Waals surface area contributed by atoms with Crippen LogP contribution in [0.1, 0.15) is 30.1 Å². The molecule has 154 valence electrons. The van der Waals surface area contributed by atoms with E-state index in [4.69, 9.17) is 14.2 Å². The molecule has 0 aromatic heterocycles. The summed E-state index contributed by atoms with van der Waals surface area (Å²) in [4.78, 5) is 26.6. The van der Waals surface area contributed by atoms with Gasteiger partial charge in [0.1, 0.15) is 11.5 Å². The predicted octanol–water partition coefficient (Wildman–Crippen LogP) is 3.49. The lowest BCUT2D eigenvalue weighted by atomic mass is 10.1. The van der Waals surface area contributed by atoms with Gasteiger partial charge in [0, 0.05) is 49.2 Å². The molecule has 1 N–H and O–H groups in total. The molecule has 29 heavy (non-hydrogen) atoms. The number of carbonyl (C=O) groups is 2. The molecule has 0 radical (unpaired) electrons. The third-order valence-corrected chi connectivity index (χ3v) is 4.91. The van der Waals surface area contributed by atoms with Gasteiger partial charge in [-0.05, 0) is 49.2 Å². The van der Waals surface area contributed by atoms with Crippen molar-refractivity contribution in [1.29, 1.82) is 0 Å². The molecule has 2 amide bonds. The van der Waals surface area contributed by atoms with E-state index >= 15 is 0 Å². The number of nitrogens with one attached hydrogen (secondary N) is 1. The topological polar surface area (TPSA) is 77.1 Å². The zero-order valence-corrected chi connectivity index (χ0v) is 16.9. The van der Waals surface area contributed by atoms with Gasteiger partial charge in [0.25, 0.3) is 5.91 Å². The van der Waals surface area contributed by atoms with Crippen molar-refractivity contribution in [2.24, 2.45) is 0 Å². The Morgan fingerprint density at radius 2 is 1.59 bits per heavy atom. The summed E-state index contributed by atoms with van der Waals surface area (Å²) < 4.78 is 15.8. The summed E-state index contributed by atoms with van der Waals surface area (Å²) in [5, 5.41) is 2.86. The molecule has 1 heterocycles. The van der Waals surface area contributed by atoms with Crippen molar-refractivity contribution in [1.82, 2.24) is 0 Å². The maximum absolute atomic E-state index is 12.6. The average molecular weight is 398 g/mol. The zero-order chi connectivity index (χ0) is 20.8. The van der Waals surface area contributed by atoms with Gasteiger partial charge in [-0.25, -0.2) is 0 Å². The van der Waals surface area contributed by atoms with E-state index in [1.165, 1.54) is 14.2 Å². The molecular formula is C22H26N2O5. The second-order valence-electron chi connectivity index (χ2n) is 6.83. The number of hydrogen-bond acceptors (Lipinski definition) is 5. The van der Waals surface area contributed by atoms with Crippen LogP contribution in [0.25, 0.3) is 0 Å². The van der Waals surface area contributed by atoms with Crippen LogP contribution in [0.15, 0.2) is 42.5 Å². The van der Waals surface area contributed by atoms with E-state index in [1.54, 1.807) is 42.2 Å². The third kappa shape index (κ3) is 5.06. The van der Waals surface area contributed by atoms with Crippen molar-refractivity contribution in [3.63, 3.8) is 0 Å². The van der Waals surface area contributed by atoms with E-state index in [9.17, 15) is 9.59 Å². The number of nitrogens with zero attached hydrogens (tertiary/aromatic N) is 1. The maximum Gasteiger partial charge on any atom is 0.255 e. The minimum Gasteiger partial charge on any atom is -0.497 e. The first-order chi connectivity index (χ1) is 14.0. The fraction of sp³-hybridized carbons (Fsp3) is 0.364. The fourth-order valence-corrected chi connectivity index (χ4v) is 3.44. The lowest BCUT2D eigenvalue weighted by Crippen LogP contribution is -2.42. The van der Waals surface area contributed by atoms with Crippen molar-refractivity contribution in [2.45, 2.75) is 25.8 Å². The molecule has 1 fully saturated rings. The Kier molecular flexibility index (Phi) is 6.72. The summed E-state index contributed by atoms with van der Waals surface area (Å²) in [6.07, 6.45) is 1.63. The number of carbonyl (C=O) groups excluding carboxylic acids is 2. The quantitative estimate of drug-likeness (QED) is 0.806. The van der Waals surface area contributed by atoms with Gasteiger partial charge >= 0.3 is 0 Å². The van der Waals surface area contributed by atoms with Gasteiger partial charge in [0.05, 0.1) is 14.2 Å². The smallest absolute Gasteiger partial charge is 0.255 e. The summed E-state index contributed by atoms with van der Waals surface area (Å²) in [5.41, 5.74) is 1.87. The van der Waals surface area contributed by atoms with Crippen molar-refractivity contribution < 1.29 is 23.8 Å². The molecule has 2 aromatic rings. The van der Waals surface area contributed by atoms with Crippen LogP contribution >= 0.6 is 0 Å². The molecule has 3 rings (SSSR count). The van der Waals surface area contributed by atoms with E-state index in [1.807, 2.05) is 12.1 Å². The van der Waals surface area contributed by atoms with Gasteiger partial charge in [0.15, 0.2) is 0 Å². The highest BCUT2D eigenvalue weighted by atomic mass is 16.5. The number of methoxy groups -OCH3 is 2. The monoisotopic (exact) mass is 398 g/mol. The van der Waals surface area contributed by atoms with Crippen molar-refractivity contribution in [2.75, 3.05) is 37.7 Å². The van der Waals surface area contributed by atoms with Crippen LogP contribution in [-0.4, -0.2) is 45.3 Å². The average Bonchev–Trinajstić information content (AvgIpc) is 2.75. The van der Waals surface area contributed by atoms with E-state index in [0.29, 0.717) is 36.0 Å². The normalized spacial score (nSPS) is 14.2. The first kappa shape index (κ1) is 20.7. The van der Waals surface area contributed by atoms with Gasteiger partial charge in [-0.2, -0.15) is 0 Å². The molecule has 2 aromatic carbocycles. The molecule has 0 atom stereocenters. The minimum atomic E-state index is -0.275. The highest BCUT2D eigenvalue weighted by Gasteiger charge is 2.25. The molecule has 1 aliphatic rings. The molecule has 0 unspecified atom stereocenters. The van der Waals surface area contributed by atoms with Gasteiger partial charge in [-0.15, -0.1) is 0 Å². The van der Waals surface area contributed by atoms with Crippen LogP contribution in [0, 0.1) is 0 Å². The highest BCUT2D eigenvalue weighted by molar-refractivity contribution is 6.05. The number of ether oxygens (including phenoxy) is 3. The van der Waals surface area contributed by atoms with Gasteiger partial charge < -0.3 is 24.4 Å². The van der Waals surface area contributed by atoms with Crippen LogP contribution in [0.2, 0.25) is 0 Å². The van der Waals surface area contributed by atoms with Crippen molar-refractivity contribution >= 4 is 23.2 Å². The second-order valence-corrected chi connectivity index (χ2v) is 6.83. The third-order valence-electron chi connectivity index (χ3n) is 4.91. The predicted molar refractivity (Wildman–Crippen MR) is 111 cm³/mol. The lowest BCUT2D eigenvalue weighted by molar-refractivity contribution is -0.117. The van der Waals surface area contributed by atoms with Gasteiger partial charge in [-0.3, -0.25) is 9.59 Å². The number of amides is 2. The van der Waals surface area contributed by atoms with Crippen LogP contribution in [0.4, 0.5) is 11.4 Å². The van der Waals surface area contributed by atoms with E-state index in [0.717, 1.165) is 18.5 Å². The molecule has 0 spiro atoms. The Balaban J connectivity index is 1.74.